The molecule has 0 aliphatic heterocycles. The highest BCUT2D eigenvalue weighted by molar-refractivity contribution is 7.09. The van der Waals surface area contributed by atoms with Crippen molar-refractivity contribution in [3.8, 4) is 17.0 Å². The van der Waals surface area contributed by atoms with Crippen LogP contribution in [0.15, 0.2) is 35.8 Å². The SMILES string of the molecule is COc1ccc(NC(C)=O)cc1NC(=O)c1cc(-c2csc(C)n2)cn1C. The molecule has 27 heavy (non-hydrogen) atoms. The number of aromatic nitrogens is 2. The van der Waals surface area contributed by atoms with Gasteiger partial charge in [-0.2, -0.15) is 0 Å². The normalized spacial score (nSPS) is 10.5. The molecule has 3 aromatic rings. The standard InChI is InChI=1S/C19H20N4O3S/c1-11(24)20-14-5-6-18(26-4)15(8-14)22-19(25)17-7-13(9-23(17)3)16-10-27-12(2)21-16/h5-10H,1-4H3,(H,20,24)(H,22,25). The van der Waals surface area contributed by atoms with Gasteiger partial charge in [-0.15, -0.1) is 11.3 Å². The average Bonchev–Trinajstić information content (AvgIpc) is 3.20. The number of amides is 2. The number of anilines is 2. The number of benzene rings is 1. The van der Waals surface area contributed by atoms with Crippen LogP contribution in [0.2, 0.25) is 0 Å². The predicted molar refractivity (Wildman–Crippen MR) is 107 cm³/mol. The van der Waals surface area contributed by atoms with Crippen molar-refractivity contribution >= 4 is 34.5 Å². The Labute approximate surface area is 161 Å². The molecule has 0 radical (unpaired) electrons. The molecule has 140 valence electrons. The van der Waals surface area contributed by atoms with Gasteiger partial charge in [-0.05, 0) is 31.2 Å². The zero-order valence-electron chi connectivity index (χ0n) is 15.5. The molecule has 8 heteroatoms. The number of carbonyl (C=O) groups excluding carboxylic acids is 2. The maximum absolute atomic E-state index is 12.8. The van der Waals surface area contributed by atoms with E-state index in [0.29, 0.717) is 22.8 Å². The minimum absolute atomic E-state index is 0.192. The molecular formula is C19H20N4O3S. The molecule has 2 heterocycles. The van der Waals surface area contributed by atoms with Crippen molar-refractivity contribution in [1.82, 2.24) is 9.55 Å². The zero-order chi connectivity index (χ0) is 19.6. The van der Waals surface area contributed by atoms with E-state index in [0.717, 1.165) is 16.3 Å². The zero-order valence-corrected chi connectivity index (χ0v) is 16.3. The molecule has 0 bridgehead atoms. The molecule has 0 aliphatic carbocycles. The fraction of sp³-hybridized carbons (Fsp3) is 0.211. The van der Waals surface area contributed by atoms with Gasteiger partial charge < -0.3 is 19.9 Å². The lowest BCUT2D eigenvalue weighted by Crippen LogP contribution is -2.16. The van der Waals surface area contributed by atoms with E-state index in [4.69, 9.17) is 4.74 Å². The topological polar surface area (TPSA) is 85.2 Å². The van der Waals surface area contributed by atoms with Gasteiger partial charge in [-0.25, -0.2) is 4.98 Å². The van der Waals surface area contributed by atoms with Crippen molar-refractivity contribution in [2.75, 3.05) is 17.7 Å². The fourth-order valence-electron chi connectivity index (χ4n) is 2.70. The Balaban J connectivity index is 1.87. The maximum atomic E-state index is 12.8. The molecule has 7 nitrogen and oxygen atoms in total. The van der Waals surface area contributed by atoms with Gasteiger partial charge in [0.25, 0.3) is 5.91 Å². The van der Waals surface area contributed by atoms with Gasteiger partial charge in [0.2, 0.25) is 5.91 Å². The first-order valence-corrected chi connectivity index (χ1v) is 9.11. The second kappa shape index (κ2) is 7.63. The van der Waals surface area contributed by atoms with E-state index >= 15 is 0 Å². The van der Waals surface area contributed by atoms with Crippen molar-refractivity contribution in [3.05, 3.63) is 46.5 Å². The van der Waals surface area contributed by atoms with Gasteiger partial charge in [0.1, 0.15) is 11.4 Å². The number of thiazole rings is 1. The van der Waals surface area contributed by atoms with E-state index in [-0.39, 0.29) is 11.8 Å². The van der Waals surface area contributed by atoms with Crippen LogP contribution in [0.4, 0.5) is 11.4 Å². The second-order valence-corrected chi connectivity index (χ2v) is 7.09. The summed E-state index contributed by atoms with van der Waals surface area (Å²) in [7, 11) is 3.33. The van der Waals surface area contributed by atoms with E-state index in [1.807, 2.05) is 25.5 Å². The minimum atomic E-state index is -0.283. The van der Waals surface area contributed by atoms with Crippen molar-refractivity contribution in [3.63, 3.8) is 0 Å². The van der Waals surface area contributed by atoms with Crippen molar-refractivity contribution < 1.29 is 14.3 Å². The van der Waals surface area contributed by atoms with Gasteiger partial charge in [0.15, 0.2) is 0 Å². The quantitative estimate of drug-likeness (QED) is 0.703. The highest BCUT2D eigenvalue weighted by Gasteiger charge is 2.16. The highest BCUT2D eigenvalue weighted by Crippen LogP contribution is 2.29. The summed E-state index contributed by atoms with van der Waals surface area (Å²) in [5.41, 5.74) is 3.26. The number of hydrogen-bond donors (Lipinski definition) is 2. The number of carbonyl (C=O) groups is 2. The molecule has 0 saturated heterocycles. The molecule has 0 unspecified atom stereocenters. The summed E-state index contributed by atoms with van der Waals surface area (Å²) in [4.78, 5) is 28.5. The Morgan fingerprint density at radius 1 is 1.22 bits per heavy atom. The monoisotopic (exact) mass is 384 g/mol. The molecule has 3 rings (SSSR count). The minimum Gasteiger partial charge on any atom is -0.495 e. The largest absolute Gasteiger partial charge is 0.495 e. The number of nitrogens with zero attached hydrogens (tertiary/aromatic N) is 2. The number of methoxy groups -OCH3 is 1. The molecule has 0 spiro atoms. The lowest BCUT2D eigenvalue weighted by atomic mass is 10.2. The summed E-state index contributed by atoms with van der Waals surface area (Å²) in [5.74, 6) is 0.0269. The van der Waals surface area contributed by atoms with Crippen LogP contribution >= 0.6 is 11.3 Å². The second-order valence-electron chi connectivity index (χ2n) is 6.03. The van der Waals surface area contributed by atoms with Crippen LogP contribution in [0.25, 0.3) is 11.3 Å². The third-order valence-electron chi connectivity index (χ3n) is 3.92. The third-order valence-corrected chi connectivity index (χ3v) is 4.69. The van der Waals surface area contributed by atoms with Crippen LogP contribution in [0, 0.1) is 6.92 Å². The summed E-state index contributed by atoms with van der Waals surface area (Å²) < 4.78 is 7.06. The molecule has 2 aromatic heterocycles. The Hall–Kier alpha value is -3.13. The first kappa shape index (κ1) is 18.7. The molecule has 2 amide bonds. The summed E-state index contributed by atoms with van der Waals surface area (Å²) in [6.07, 6.45) is 1.87. The van der Waals surface area contributed by atoms with Gasteiger partial charge in [-0.1, -0.05) is 0 Å². The van der Waals surface area contributed by atoms with E-state index < -0.39 is 0 Å². The number of nitrogens with one attached hydrogen (secondary N) is 2. The molecule has 2 N–H and O–H groups in total. The van der Waals surface area contributed by atoms with E-state index in [2.05, 4.69) is 15.6 Å². The molecule has 0 atom stereocenters. The lowest BCUT2D eigenvalue weighted by Gasteiger charge is -2.12. The van der Waals surface area contributed by atoms with Crippen LogP contribution in [-0.2, 0) is 11.8 Å². The molecular weight excluding hydrogens is 364 g/mol. The van der Waals surface area contributed by atoms with Crippen molar-refractivity contribution in [1.29, 1.82) is 0 Å². The highest BCUT2D eigenvalue weighted by atomic mass is 32.1. The number of ether oxygens (including phenoxy) is 1. The Morgan fingerprint density at radius 2 is 2.00 bits per heavy atom. The predicted octanol–water partition coefficient (Wildman–Crippen LogP) is 3.68. The van der Waals surface area contributed by atoms with Crippen LogP contribution < -0.4 is 15.4 Å². The number of rotatable bonds is 5. The maximum Gasteiger partial charge on any atom is 0.272 e. The first-order valence-electron chi connectivity index (χ1n) is 8.23. The van der Waals surface area contributed by atoms with Gasteiger partial charge >= 0.3 is 0 Å². The summed E-state index contributed by atoms with van der Waals surface area (Å²) >= 11 is 1.56. The van der Waals surface area contributed by atoms with E-state index in [1.165, 1.54) is 14.0 Å². The van der Waals surface area contributed by atoms with Gasteiger partial charge in [0, 0.05) is 36.8 Å². The van der Waals surface area contributed by atoms with Gasteiger partial charge in [0.05, 0.1) is 23.5 Å². The lowest BCUT2D eigenvalue weighted by molar-refractivity contribution is -0.114. The molecule has 0 fully saturated rings. The van der Waals surface area contributed by atoms with Crippen LogP contribution in [0.3, 0.4) is 0 Å². The Kier molecular flexibility index (Phi) is 5.27. The van der Waals surface area contributed by atoms with Gasteiger partial charge in [-0.3, -0.25) is 9.59 Å². The number of aryl methyl sites for hydroxylation is 2. The van der Waals surface area contributed by atoms with Crippen LogP contribution in [0.5, 0.6) is 5.75 Å². The van der Waals surface area contributed by atoms with Crippen molar-refractivity contribution in [2.24, 2.45) is 7.05 Å². The summed E-state index contributed by atoms with van der Waals surface area (Å²) in [6, 6.07) is 6.86. The Bertz CT molecular complexity index is 1010. The fourth-order valence-corrected chi connectivity index (χ4v) is 3.32. The van der Waals surface area contributed by atoms with Crippen LogP contribution in [-0.4, -0.2) is 28.5 Å². The number of hydrogen-bond acceptors (Lipinski definition) is 5. The van der Waals surface area contributed by atoms with Crippen LogP contribution in [0.1, 0.15) is 22.4 Å². The van der Waals surface area contributed by atoms with E-state index in [1.54, 1.807) is 40.2 Å². The summed E-state index contributed by atoms with van der Waals surface area (Å²) in [6.45, 7) is 3.37. The molecule has 0 aliphatic rings. The van der Waals surface area contributed by atoms with Crippen molar-refractivity contribution in [2.45, 2.75) is 13.8 Å². The molecule has 0 saturated carbocycles. The summed E-state index contributed by atoms with van der Waals surface area (Å²) in [5, 5.41) is 8.48. The molecule has 1 aromatic carbocycles. The average molecular weight is 384 g/mol. The first-order chi connectivity index (χ1) is 12.9. The Morgan fingerprint density at radius 3 is 2.63 bits per heavy atom. The van der Waals surface area contributed by atoms with E-state index in [9.17, 15) is 9.59 Å². The smallest absolute Gasteiger partial charge is 0.272 e. The third kappa shape index (κ3) is 4.17.